The first kappa shape index (κ1) is 21.6. The Kier molecular flexibility index (Phi) is 8.82. The van der Waals surface area contributed by atoms with Gasteiger partial charge >= 0.3 is 12.1 Å². The van der Waals surface area contributed by atoms with Crippen molar-refractivity contribution in [3.8, 4) is 0 Å². The Morgan fingerprint density at radius 1 is 0.759 bits per heavy atom. The summed E-state index contributed by atoms with van der Waals surface area (Å²) in [5, 5.41) is 5.23. The third kappa shape index (κ3) is 8.21. The van der Waals surface area contributed by atoms with E-state index in [1.165, 1.54) is 0 Å². The van der Waals surface area contributed by atoms with Gasteiger partial charge in [-0.2, -0.15) is 0 Å². The second-order valence-electron chi connectivity index (χ2n) is 6.32. The average Bonchev–Trinajstić information content (AvgIpc) is 2.73. The summed E-state index contributed by atoms with van der Waals surface area (Å²) in [7, 11) is 0. The third-order valence-electron chi connectivity index (χ3n) is 4.23. The maximum atomic E-state index is 11.0. The number of benzene rings is 2. The average molecular weight is 394 g/mol. The van der Waals surface area contributed by atoms with Crippen LogP contribution in [0.15, 0.2) is 85.3 Å². The van der Waals surface area contributed by atoms with E-state index in [1.807, 2.05) is 72.8 Å². The van der Waals surface area contributed by atoms with Gasteiger partial charge in [0.2, 0.25) is 0 Å². The van der Waals surface area contributed by atoms with Gasteiger partial charge in [0.05, 0.1) is 12.5 Å². The molecule has 0 aliphatic rings. The summed E-state index contributed by atoms with van der Waals surface area (Å²) >= 11 is 0. The van der Waals surface area contributed by atoms with Gasteiger partial charge in [0, 0.05) is 24.9 Å². The Balaban J connectivity index is 2.00. The Morgan fingerprint density at radius 3 is 1.48 bits per heavy atom. The molecule has 2 atom stereocenters. The van der Waals surface area contributed by atoms with Gasteiger partial charge in [0.15, 0.2) is 0 Å². The fraction of sp³-hybridized carbons (Fsp3) is 0.182. The van der Waals surface area contributed by atoms with E-state index in [0.717, 1.165) is 11.1 Å². The highest BCUT2D eigenvalue weighted by molar-refractivity contribution is 5.72. The van der Waals surface area contributed by atoms with E-state index in [0.29, 0.717) is 13.1 Å². The number of nitrogens with one attached hydrogen (secondary N) is 2. The molecule has 29 heavy (non-hydrogen) atoms. The summed E-state index contributed by atoms with van der Waals surface area (Å²) in [6.07, 6.45) is 6.80. The molecule has 4 amide bonds. The van der Waals surface area contributed by atoms with Crippen LogP contribution in [0.3, 0.4) is 0 Å². The summed E-state index contributed by atoms with van der Waals surface area (Å²) in [5.74, 6) is -0.169. The minimum atomic E-state index is -0.576. The zero-order valence-corrected chi connectivity index (χ0v) is 16.0. The predicted molar refractivity (Wildman–Crippen MR) is 113 cm³/mol. The molecule has 2 rings (SSSR count). The van der Waals surface area contributed by atoms with Gasteiger partial charge in [-0.05, 0) is 23.3 Å². The molecular formula is C22H26N4O3. The molecule has 2 unspecified atom stereocenters. The van der Waals surface area contributed by atoms with E-state index in [-0.39, 0.29) is 11.8 Å². The van der Waals surface area contributed by atoms with E-state index in [4.69, 9.17) is 16.2 Å². The van der Waals surface area contributed by atoms with Crippen LogP contribution in [0.1, 0.15) is 23.0 Å². The molecule has 0 aliphatic heterocycles. The topological polar surface area (TPSA) is 119 Å². The number of carbonyl (C=O) groups excluding carboxylic acids is 2. The molecule has 6 N–H and O–H groups in total. The van der Waals surface area contributed by atoms with Crippen molar-refractivity contribution in [1.82, 2.24) is 10.6 Å². The second kappa shape index (κ2) is 11.9. The van der Waals surface area contributed by atoms with Gasteiger partial charge in [0.25, 0.3) is 0 Å². The Labute approximate surface area is 170 Å². The molecule has 0 fully saturated rings. The van der Waals surface area contributed by atoms with Crippen LogP contribution in [0.5, 0.6) is 0 Å². The van der Waals surface area contributed by atoms with Gasteiger partial charge in [-0.1, -0.05) is 60.7 Å². The molecule has 7 nitrogen and oxygen atoms in total. The SMILES string of the molecule is NC(=O)NCC(C=COC=CC(CNC(N)=O)c1ccccc1)c1ccccc1. The van der Waals surface area contributed by atoms with Crippen molar-refractivity contribution in [2.45, 2.75) is 11.8 Å². The molecule has 0 radical (unpaired) electrons. The largest absolute Gasteiger partial charge is 0.473 e. The second-order valence-corrected chi connectivity index (χ2v) is 6.32. The molecule has 7 heteroatoms. The zero-order valence-electron chi connectivity index (χ0n) is 16.0. The molecule has 2 aromatic rings. The van der Waals surface area contributed by atoms with Gasteiger partial charge in [-0.25, -0.2) is 9.59 Å². The lowest BCUT2D eigenvalue weighted by molar-refractivity contribution is 0.248. The van der Waals surface area contributed by atoms with Crippen molar-refractivity contribution < 1.29 is 14.3 Å². The predicted octanol–water partition coefficient (Wildman–Crippen LogP) is 2.93. The Hall–Kier alpha value is -3.74. The summed E-state index contributed by atoms with van der Waals surface area (Å²) in [6.45, 7) is 0.718. The quantitative estimate of drug-likeness (QED) is 0.464. The Bertz CT molecular complexity index is 753. The minimum Gasteiger partial charge on any atom is -0.473 e. The van der Waals surface area contributed by atoms with Crippen LogP contribution in [-0.2, 0) is 4.74 Å². The molecule has 0 spiro atoms. The monoisotopic (exact) mass is 394 g/mol. The number of urea groups is 2. The van der Waals surface area contributed by atoms with E-state index < -0.39 is 12.1 Å². The van der Waals surface area contributed by atoms with Gasteiger partial charge in [0.1, 0.15) is 0 Å². The highest BCUT2D eigenvalue weighted by atomic mass is 16.5. The van der Waals surface area contributed by atoms with Crippen LogP contribution in [0.2, 0.25) is 0 Å². The van der Waals surface area contributed by atoms with Crippen molar-refractivity contribution in [2.75, 3.05) is 13.1 Å². The van der Waals surface area contributed by atoms with Gasteiger partial charge in [-0.15, -0.1) is 0 Å². The summed E-state index contributed by atoms with van der Waals surface area (Å²) in [5.41, 5.74) is 12.4. The molecule has 152 valence electrons. The number of hydrogen-bond acceptors (Lipinski definition) is 3. The molecule has 0 bridgehead atoms. The molecule has 0 saturated heterocycles. The number of rotatable bonds is 10. The van der Waals surface area contributed by atoms with Crippen molar-refractivity contribution in [2.24, 2.45) is 11.5 Å². The van der Waals surface area contributed by atoms with Crippen LogP contribution < -0.4 is 22.1 Å². The molecular weight excluding hydrogens is 368 g/mol. The van der Waals surface area contributed by atoms with Gasteiger partial charge < -0.3 is 26.8 Å². The van der Waals surface area contributed by atoms with Crippen molar-refractivity contribution in [1.29, 1.82) is 0 Å². The first-order valence-electron chi connectivity index (χ1n) is 9.21. The van der Waals surface area contributed by atoms with Crippen LogP contribution in [0.4, 0.5) is 9.59 Å². The van der Waals surface area contributed by atoms with E-state index in [9.17, 15) is 9.59 Å². The standard InChI is InChI=1S/C22H26N4O3/c23-21(27)25-15-19(17-7-3-1-4-8-17)11-13-29-14-12-20(16-26-22(24)28)18-9-5-2-6-10-18/h1-14,19-20H,15-16H2,(H3,23,25,27)(H3,24,26,28). The summed E-state index contributed by atoms with van der Waals surface area (Å²) in [4.78, 5) is 22.1. The lowest BCUT2D eigenvalue weighted by Gasteiger charge is -2.14. The van der Waals surface area contributed by atoms with Crippen molar-refractivity contribution >= 4 is 12.1 Å². The van der Waals surface area contributed by atoms with Crippen molar-refractivity contribution in [3.05, 3.63) is 96.5 Å². The lowest BCUT2D eigenvalue weighted by atomic mass is 9.99. The van der Waals surface area contributed by atoms with Crippen LogP contribution in [0.25, 0.3) is 0 Å². The van der Waals surface area contributed by atoms with Crippen LogP contribution >= 0.6 is 0 Å². The molecule has 0 aromatic heterocycles. The maximum absolute atomic E-state index is 11.0. The summed E-state index contributed by atoms with van der Waals surface area (Å²) < 4.78 is 5.50. The first-order valence-corrected chi connectivity index (χ1v) is 9.21. The highest BCUT2D eigenvalue weighted by Gasteiger charge is 2.10. The number of amides is 4. The van der Waals surface area contributed by atoms with Gasteiger partial charge in [-0.3, -0.25) is 0 Å². The number of nitrogens with two attached hydrogens (primary N) is 2. The van der Waals surface area contributed by atoms with Crippen LogP contribution in [0, 0.1) is 0 Å². The number of primary amides is 2. The van der Waals surface area contributed by atoms with E-state index in [1.54, 1.807) is 12.5 Å². The summed E-state index contributed by atoms with van der Waals surface area (Å²) in [6, 6.07) is 18.3. The zero-order chi connectivity index (χ0) is 20.9. The van der Waals surface area contributed by atoms with E-state index in [2.05, 4.69) is 10.6 Å². The van der Waals surface area contributed by atoms with Crippen LogP contribution in [-0.4, -0.2) is 25.2 Å². The fourth-order valence-electron chi connectivity index (χ4n) is 2.74. The Morgan fingerprint density at radius 2 is 1.14 bits per heavy atom. The number of carbonyl (C=O) groups is 2. The van der Waals surface area contributed by atoms with Crippen molar-refractivity contribution in [3.63, 3.8) is 0 Å². The first-order chi connectivity index (χ1) is 14.1. The smallest absolute Gasteiger partial charge is 0.312 e. The van der Waals surface area contributed by atoms with E-state index >= 15 is 0 Å². The number of ether oxygens (including phenoxy) is 1. The highest BCUT2D eigenvalue weighted by Crippen LogP contribution is 2.18. The molecule has 0 saturated carbocycles. The molecule has 0 aliphatic carbocycles. The minimum absolute atomic E-state index is 0.0847. The normalized spacial score (nSPS) is 13.1. The fourth-order valence-corrected chi connectivity index (χ4v) is 2.74. The molecule has 0 heterocycles. The third-order valence-corrected chi connectivity index (χ3v) is 4.23. The maximum Gasteiger partial charge on any atom is 0.312 e. The molecule has 2 aromatic carbocycles. The lowest BCUT2D eigenvalue weighted by Crippen LogP contribution is -2.32. The number of hydrogen-bond donors (Lipinski definition) is 4.